The molecule has 126 valence electrons. The third-order valence-corrected chi connectivity index (χ3v) is 3.39. The summed E-state index contributed by atoms with van der Waals surface area (Å²) in [6.45, 7) is -0.575. The minimum atomic E-state index is -1.13. The van der Waals surface area contributed by atoms with Crippen molar-refractivity contribution < 1.29 is 14.7 Å². The zero-order valence-corrected chi connectivity index (χ0v) is 12.8. The molecule has 2 aromatic rings. The van der Waals surface area contributed by atoms with E-state index in [2.05, 4.69) is 0 Å². The Hall–Kier alpha value is -3.16. The first-order valence-corrected chi connectivity index (χ1v) is 7.29. The zero-order valence-electron chi connectivity index (χ0n) is 12.8. The van der Waals surface area contributed by atoms with Gasteiger partial charge in [-0.1, -0.05) is 30.3 Å². The van der Waals surface area contributed by atoms with Crippen LogP contribution in [0.25, 0.3) is 0 Å². The lowest BCUT2D eigenvalue weighted by Gasteiger charge is -2.21. The second kappa shape index (κ2) is 7.91. The molecular weight excluding hydrogens is 314 g/mol. The fourth-order valence-corrected chi connectivity index (χ4v) is 2.18. The highest BCUT2D eigenvalue weighted by molar-refractivity contribution is 5.81. The summed E-state index contributed by atoms with van der Waals surface area (Å²) in [5.74, 6) is -1.65. The molecule has 8 heteroatoms. The van der Waals surface area contributed by atoms with Crippen LogP contribution in [-0.4, -0.2) is 44.5 Å². The van der Waals surface area contributed by atoms with Gasteiger partial charge < -0.3 is 10.0 Å². The molecule has 2 N–H and O–H groups in total. The largest absolute Gasteiger partial charge is 0.480 e. The van der Waals surface area contributed by atoms with Crippen molar-refractivity contribution in [3.63, 3.8) is 0 Å². The maximum absolute atomic E-state index is 12.3. The highest BCUT2D eigenvalue weighted by Crippen LogP contribution is 2.02. The number of carboxylic acids is 1. The zero-order chi connectivity index (χ0) is 17.5. The Balaban J connectivity index is 2.08. The Morgan fingerprint density at radius 1 is 1.12 bits per heavy atom. The maximum Gasteiger partial charge on any atom is 0.328 e. The van der Waals surface area contributed by atoms with E-state index >= 15 is 0 Å². The number of carbonyl (C=O) groups excluding carboxylic acids is 1. The van der Waals surface area contributed by atoms with Gasteiger partial charge in [-0.2, -0.15) is 0 Å². The number of hydrogen-bond acceptors (Lipinski definition) is 4. The number of aromatic nitrogens is 2. The number of nitrogens with one attached hydrogen (secondary N) is 1. The minimum Gasteiger partial charge on any atom is -0.480 e. The van der Waals surface area contributed by atoms with Crippen LogP contribution < -0.4 is 11.2 Å². The van der Waals surface area contributed by atoms with Gasteiger partial charge in [-0.05, 0) is 12.0 Å². The van der Waals surface area contributed by atoms with Crippen LogP contribution in [0.5, 0.6) is 0 Å². The molecule has 8 nitrogen and oxygen atoms in total. The summed E-state index contributed by atoms with van der Waals surface area (Å²) in [6, 6.07) is 10.5. The van der Waals surface area contributed by atoms with Crippen molar-refractivity contribution in [2.75, 3.05) is 13.1 Å². The van der Waals surface area contributed by atoms with Gasteiger partial charge in [0, 0.05) is 18.8 Å². The molecule has 0 atom stereocenters. The number of rotatable bonds is 7. The number of aromatic amines is 1. The Kier molecular flexibility index (Phi) is 5.67. The molecular formula is C16H17N3O5. The molecule has 1 aromatic carbocycles. The van der Waals surface area contributed by atoms with E-state index in [1.165, 1.54) is 11.1 Å². The monoisotopic (exact) mass is 331 g/mol. The number of nitrogens with zero attached hydrogens (tertiary/aromatic N) is 2. The number of aliphatic carboxylic acids is 1. The highest BCUT2D eigenvalue weighted by Gasteiger charge is 2.17. The van der Waals surface area contributed by atoms with E-state index in [1.54, 1.807) is 0 Å². The van der Waals surface area contributed by atoms with Crippen LogP contribution in [0.4, 0.5) is 0 Å². The number of benzene rings is 1. The molecule has 0 aliphatic carbocycles. The molecule has 0 unspecified atom stereocenters. The quantitative estimate of drug-likeness (QED) is 0.723. The first kappa shape index (κ1) is 17.2. The molecule has 24 heavy (non-hydrogen) atoms. The molecule has 0 saturated heterocycles. The summed E-state index contributed by atoms with van der Waals surface area (Å²) >= 11 is 0. The number of H-pyrrole nitrogens is 1. The predicted molar refractivity (Wildman–Crippen MR) is 85.7 cm³/mol. The Bertz CT molecular complexity index is 825. The molecule has 0 aliphatic rings. The molecule has 0 aliphatic heterocycles. The average molecular weight is 331 g/mol. The summed E-state index contributed by atoms with van der Waals surface area (Å²) in [6.07, 6.45) is 1.70. The first-order chi connectivity index (χ1) is 11.5. The topological polar surface area (TPSA) is 112 Å². The van der Waals surface area contributed by atoms with Crippen LogP contribution in [0.1, 0.15) is 5.56 Å². The lowest BCUT2D eigenvalue weighted by molar-refractivity contribution is -0.144. The van der Waals surface area contributed by atoms with Crippen LogP contribution >= 0.6 is 0 Å². The lowest BCUT2D eigenvalue weighted by atomic mass is 10.1. The third kappa shape index (κ3) is 4.94. The molecule has 1 aromatic heterocycles. The second-order valence-corrected chi connectivity index (χ2v) is 5.18. The Morgan fingerprint density at radius 2 is 1.83 bits per heavy atom. The molecule has 0 spiro atoms. The van der Waals surface area contributed by atoms with Gasteiger partial charge in [0.1, 0.15) is 13.1 Å². The number of amides is 1. The normalized spacial score (nSPS) is 10.3. The van der Waals surface area contributed by atoms with Crippen LogP contribution in [0.15, 0.2) is 52.2 Å². The van der Waals surface area contributed by atoms with Crippen molar-refractivity contribution in [2.24, 2.45) is 0 Å². The summed E-state index contributed by atoms with van der Waals surface area (Å²) < 4.78 is 1.03. The molecule has 0 fully saturated rings. The molecule has 1 amide bonds. The Labute approximate surface area is 137 Å². The van der Waals surface area contributed by atoms with Gasteiger partial charge in [0.05, 0.1) is 0 Å². The lowest BCUT2D eigenvalue weighted by Crippen LogP contribution is -2.41. The van der Waals surface area contributed by atoms with Crippen molar-refractivity contribution in [3.05, 3.63) is 69.0 Å². The van der Waals surface area contributed by atoms with E-state index in [0.29, 0.717) is 6.42 Å². The van der Waals surface area contributed by atoms with Gasteiger partial charge in [0.15, 0.2) is 0 Å². The van der Waals surface area contributed by atoms with E-state index in [9.17, 15) is 19.2 Å². The van der Waals surface area contributed by atoms with Crippen molar-refractivity contribution in [1.29, 1.82) is 0 Å². The van der Waals surface area contributed by atoms with Crippen molar-refractivity contribution in [2.45, 2.75) is 13.0 Å². The van der Waals surface area contributed by atoms with Crippen LogP contribution in [0.3, 0.4) is 0 Å². The number of carbonyl (C=O) groups is 2. The van der Waals surface area contributed by atoms with E-state index in [4.69, 9.17) is 5.11 Å². The van der Waals surface area contributed by atoms with E-state index in [0.717, 1.165) is 16.2 Å². The van der Waals surface area contributed by atoms with Crippen molar-refractivity contribution in [1.82, 2.24) is 14.5 Å². The molecule has 0 radical (unpaired) electrons. The van der Waals surface area contributed by atoms with E-state index in [1.807, 2.05) is 35.3 Å². The summed E-state index contributed by atoms with van der Waals surface area (Å²) in [4.78, 5) is 49.2. The number of carboxylic acid groups (broad SMARTS) is 1. The fraction of sp³-hybridized carbons (Fsp3) is 0.250. The first-order valence-electron chi connectivity index (χ1n) is 7.29. The average Bonchev–Trinajstić information content (AvgIpc) is 2.54. The molecule has 0 saturated carbocycles. The summed E-state index contributed by atoms with van der Waals surface area (Å²) in [7, 11) is 0. The smallest absolute Gasteiger partial charge is 0.328 e. The van der Waals surface area contributed by atoms with Crippen LogP contribution in [-0.2, 0) is 22.6 Å². The molecule has 2 rings (SSSR count). The molecule has 0 bridgehead atoms. The van der Waals surface area contributed by atoms with Crippen LogP contribution in [0, 0.1) is 0 Å². The van der Waals surface area contributed by atoms with Gasteiger partial charge >= 0.3 is 11.7 Å². The van der Waals surface area contributed by atoms with Crippen LogP contribution in [0.2, 0.25) is 0 Å². The second-order valence-electron chi connectivity index (χ2n) is 5.18. The SMILES string of the molecule is O=C(O)CN(CCc1ccccc1)C(=O)Cn1ccc(=O)[nH]c1=O. The van der Waals surface area contributed by atoms with Gasteiger partial charge in [-0.15, -0.1) is 0 Å². The molecule has 1 heterocycles. The Morgan fingerprint density at radius 3 is 2.46 bits per heavy atom. The highest BCUT2D eigenvalue weighted by atomic mass is 16.4. The van der Waals surface area contributed by atoms with Gasteiger partial charge in [0.25, 0.3) is 5.56 Å². The fourth-order valence-electron chi connectivity index (χ4n) is 2.18. The van der Waals surface area contributed by atoms with E-state index < -0.39 is 29.7 Å². The van der Waals surface area contributed by atoms with Crippen molar-refractivity contribution >= 4 is 11.9 Å². The standard InChI is InChI=1S/C16H17N3O5/c20-13-7-9-19(16(24)17-13)10-14(21)18(11-15(22)23)8-6-12-4-2-1-3-5-12/h1-5,7,9H,6,8,10-11H2,(H,22,23)(H,17,20,24). The summed E-state index contributed by atoms with van der Waals surface area (Å²) in [5.41, 5.74) is -0.300. The minimum absolute atomic E-state index is 0.216. The van der Waals surface area contributed by atoms with Gasteiger partial charge in [-0.25, -0.2) is 4.79 Å². The third-order valence-electron chi connectivity index (χ3n) is 3.39. The predicted octanol–water partition coefficient (Wildman–Crippen LogP) is -0.308. The number of hydrogen-bond donors (Lipinski definition) is 2. The van der Waals surface area contributed by atoms with E-state index in [-0.39, 0.29) is 13.1 Å². The maximum atomic E-state index is 12.3. The summed E-state index contributed by atoms with van der Waals surface area (Å²) in [5, 5.41) is 8.98. The van der Waals surface area contributed by atoms with Gasteiger partial charge in [0.2, 0.25) is 5.91 Å². The van der Waals surface area contributed by atoms with Gasteiger partial charge in [-0.3, -0.25) is 23.9 Å². The van der Waals surface area contributed by atoms with Crippen molar-refractivity contribution in [3.8, 4) is 0 Å².